The third kappa shape index (κ3) is 5.74. The lowest BCUT2D eigenvalue weighted by Crippen LogP contribution is -2.39. The number of carbonyl (C=O) groups excluding carboxylic acids is 1. The Hall–Kier alpha value is -2.89. The largest absolute Gasteiger partial charge is 0.493 e. The van der Waals surface area contributed by atoms with Gasteiger partial charge in [-0.25, -0.2) is 9.78 Å². The summed E-state index contributed by atoms with van der Waals surface area (Å²) in [6.07, 6.45) is 1.28. The van der Waals surface area contributed by atoms with Gasteiger partial charge in [0.2, 0.25) is 0 Å². The van der Waals surface area contributed by atoms with Crippen molar-refractivity contribution in [1.29, 1.82) is 5.26 Å². The summed E-state index contributed by atoms with van der Waals surface area (Å²) in [5.74, 6) is 0.828. The number of alkyl halides is 1. The molecule has 0 unspecified atom stereocenters. The van der Waals surface area contributed by atoms with Crippen molar-refractivity contribution in [3.63, 3.8) is 0 Å². The Balaban J connectivity index is 1.65. The molecule has 1 aromatic heterocycles. The molecule has 1 aliphatic heterocycles. The molecule has 2 aromatic carbocycles. The van der Waals surface area contributed by atoms with E-state index in [-0.39, 0.29) is 6.09 Å². The number of benzene rings is 2. The topological polar surface area (TPSA) is 75.4 Å². The van der Waals surface area contributed by atoms with Gasteiger partial charge in [0.05, 0.1) is 24.4 Å². The van der Waals surface area contributed by atoms with Gasteiger partial charge in [-0.05, 0) is 51.3 Å². The summed E-state index contributed by atoms with van der Waals surface area (Å²) in [6, 6.07) is 14.3. The van der Waals surface area contributed by atoms with Crippen LogP contribution in [-0.2, 0) is 17.7 Å². The van der Waals surface area contributed by atoms with Crippen molar-refractivity contribution in [3.8, 4) is 33.5 Å². The van der Waals surface area contributed by atoms with Crippen molar-refractivity contribution < 1.29 is 14.3 Å². The van der Waals surface area contributed by atoms with Crippen LogP contribution in [-0.4, -0.2) is 40.1 Å². The van der Waals surface area contributed by atoms with E-state index < -0.39 is 5.60 Å². The van der Waals surface area contributed by atoms with Crippen molar-refractivity contribution in [2.75, 3.05) is 18.5 Å². The first-order valence-corrected chi connectivity index (χ1v) is 13.9. The second kappa shape index (κ2) is 11.0. The second-order valence-corrected chi connectivity index (χ2v) is 11.6. The molecule has 3 aromatic rings. The lowest BCUT2D eigenvalue weighted by atomic mass is 9.93. The summed E-state index contributed by atoms with van der Waals surface area (Å²) < 4.78 is 11.5. The van der Waals surface area contributed by atoms with Crippen LogP contribution >= 0.6 is 27.3 Å². The van der Waals surface area contributed by atoms with Crippen LogP contribution in [0.25, 0.3) is 21.7 Å². The predicted molar refractivity (Wildman–Crippen MR) is 147 cm³/mol. The Bertz CT molecular complexity index is 1310. The number of thiazole rings is 1. The third-order valence-electron chi connectivity index (χ3n) is 5.90. The third-order valence-corrected chi connectivity index (χ3v) is 7.58. The minimum absolute atomic E-state index is 0.309. The van der Waals surface area contributed by atoms with Gasteiger partial charge >= 0.3 is 6.09 Å². The van der Waals surface area contributed by atoms with E-state index >= 15 is 0 Å². The first kappa shape index (κ1) is 26.2. The van der Waals surface area contributed by atoms with Crippen LogP contribution in [0.3, 0.4) is 0 Å². The lowest BCUT2D eigenvalue weighted by molar-refractivity contribution is 0.0225. The number of nitriles is 1. The molecular formula is C28H30BrN3O3S. The van der Waals surface area contributed by atoms with Crippen molar-refractivity contribution >= 4 is 33.4 Å². The summed E-state index contributed by atoms with van der Waals surface area (Å²) in [6.45, 7) is 9.30. The highest BCUT2D eigenvalue weighted by atomic mass is 79.9. The van der Waals surface area contributed by atoms with Gasteiger partial charge in [-0.1, -0.05) is 46.3 Å². The van der Waals surface area contributed by atoms with Crippen LogP contribution in [0.15, 0.2) is 36.4 Å². The molecule has 6 nitrogen and oxygen atoms in total. The maximum Gasteiger partial charge on any atom is 0.410 e. The van der Waals surface area contributed by atoms with E-state index in [0.717, 1.165) is 55.3 Å². The average Bonchev–Trinajstić information content (AvgIpc) is 3.27. The van der Waals surface area contributed by atoms with Gasteiger partial charge < -0.3 is 14.4 Å². The molecule has 0 bridgehead atoms. The van der Waals surface area contributed by atoms with Gasteiger partial charge in [0.25, 0.3) is 0 Å². The molecule has 4 rings (SSSR count). The van der Waals surface area contributed by atoms with Crippen molar-refractivity contribution in [3.05, 3.63) is 58.1 Å². The summed E-state index contributed by atoms with van der Waals surface area (Å²) >= 11 is 4.98. The summed E-state index contributed by atoms with van der Waals surface area (Å²) in [4.78, 5) is 20.2. The molecule has 0 N–H and O–H groups in total. The molecule has 36 heavy (non-hydrogen) atoms. The number of hydrogen-bond donors (Lipinski definition) is 0. The summed E-state index contributed by atoms with van der Waals surface area (Å²) in [5.41, 5.74) is 4.70. The first-order chi connectivity index (χ1) is 17.2. The van der Waals surface area contributed by atoms with Crippen LogP contribution in [0.1, 0.15) is 48.9 Å². The van der Waals surface area contributed by atoms with Crippen molar-refractivity contribution in [2.24, 2.45) is 0 Å². The Kier molecular flexibility index (Phi) is 8.01. The fourth-order valence-electron chi connectivity index (χ4n) is 4.17. The van der Waals surface area contributed by atoms with Gasteiger partial charge in [0, 0.05) is 34.3 Å². The molecule has 0 radical (unpaired) electrons. The van der Waals surface area contributed by atoms with E-state index in [1.807, 2.05) is 64.1 Å². The van der Waals surface area contributed by atoms with E-state index in [4.69, 9.17) is 14.5 Å². The maximum absolute atomic E-state index is 12.6. The number of fused-ring (bicyclic) bond motifs is 1. The Morgan fingerprint density at radius 1 is 1.19 bits per heavy atom. The molecule has 0 atom stereocenters. The highest BCUT2D eigenvalue weighted by Gasteiger charge is 2.28. The standard InChI is InChI=1S/C28H30BrN3O3S/c1-18-19(8-6-11-24(18)34-15-7-13-29)20-9-5-10-21(22(20)16-30)26-31-23-12-14-32(17-25(23)36-26)27(33)35-28(2,3)4/h5-6,8-11H,7,12-15,17H2,1-4H3. The number of ether oxygens (including phenoxy) is 2. The highest BCUT2D eigenvalue weighted by molar-refractivity contribution is 9.09. The Morgan fingerprint density at radius 3 is 2.64 bits per heavy atom. The molecule has 0 spiro atoms. The molecule has 0 saturated heterocycles. The quantitative estimate of drug-likeness (QED) is 0.234. The predicted octanol–water partition coefficient (Wildman–Crippen LogP) is 7.11. The Morgan fingerprint density at radius 2 is 1.92 bits per heavy atom. The van der Waals surface area contributed by atoms with Crippen LogP contribution in [0, 0.1) is 18.3 Å². The van der Waals surface area contributed by atoms with Crippen LogP contribution in [0.2, 0.25) is 0 Å². The normalized spacial score (nSPS) is 13.2. The number of rotatable bonds is 6. The highest BCUT2D eigenvalue weighted by Crippen LogP contribution is 2.39. The number of carbonyl (C=O) groups is 1. The average molecular weight is 569 g/mol. The van der Waals surface area contributed by atoms with Crippen molar-refractivity contribution in [1.82, 2.24) is 9.88 Å². The van der Waals surface area contributed by atoms with E-state index in [1.54, 1.807) is 16.2 Å². The fraction of sp³-hybridized carbons (Fsp3) is 0.393. The number of aromatic nitrogens is 1. The molecule has 188 valence electrons. The van der Waals surface area contributed by atoms with Gasteiger partial charge in [-0.2, -0.15) is 5.26 Å². The van der Waals surface area contributed by atoms with Crippen LogP contribution in [0.4, 0.5) is 4.79 Å². The monoisotopic (exact) mass is 567 g/mol. The first-order valence-electron chi connectivity index (χ1n) is 12.0. The van der Waals surface area contributed by atoms with Gasteiger partial charge in [-0.3, -0.25) is 0 Å². The zero-order valence-electron chi connectivity index (χ0n) is 21.1. The molecule has 8 heteroatoms. The van der Waals surface area contributed by atoms with Crippen molar-refractivity contribution in [2.45, 2.75) is 52.7 Å². The molecule has 2 heterocycles. The summed E-state index contributed by atoms with van der Waals surface area (Å²) in [5, 5.41) is 11.9. The number of halogens is 1. The van der Waals surface area contributed by atoms with Crippen LogP contribution < -0.4 is 4.74 Å². The zero-order chi connectivity index (χ0) is 25.9. The Labute approximate surface area is 225 Å². The fourth-order valence-corrected chi connectivity index (χ4v) is 5.55. The molecule has 0 fully saturated rings. The summed E-state index contributed by atoms with van der Waals surface area (Å²) in [7, 11) is 0. The SMILES string of the molecule is Cc1c(OCCCBr)cccc1-c1cccc(-c2nc3c(s2)CN(C(=O)OC(C)(C)C)CC3)c1C#N. The molecular weight excluding hydrogens is 538 g/mol. The van der Waals surface area contributed by atoms with E-state index in [9.17, 15) is 10.1 Å². The minimum Gasteiger partial charge on any atom is -0.493 e. The molecule has 0 saturated carbocycles. The van der Waals surface area contributed by atoms with Gasteiger partial charge in [0.1, 0.15) is 22.4 Å². The number of amides is 1. The van der Waals surface area contributed by atoms with Crippen LogP contribution in [0.5, 0.6) is 5.75 Å². The van der Waals surface area contributed by atoms with E-state index in [0.29, 0.717) is 31.7 Å². The van der Waals surface area contributed by atoms with Gasteiger partial charge in [0.15, 0.2) is 0 Å². The van der Waals surface area contributed by atoms with Gasteiger partial charge in [-0.15, -0.1) is 11.3 Å². The lowest BCUT2D eigenvalue weighted by Gasteiger charge is -2.29. The number of hydrogen-bond acceptors (Lipinski definition) is 6. The zero-order valence-corrected chi connectivity index (χ0v) is 23.5. The number of nitrogens with zero attached hydrogens (tertiary/aromatic N) is 3. The molecule has 1 amide bonds. The smallest absolute Gasteiger partial charge is 0.410 e. The minimum atomic E-state index is -0.535. The molecule has 0 aliphatic carbocycles. The van der Waals surface area contributed by atoms with E-state index in [2.05, 4.69) is 22.0 Å². The maximum atomic E-state index is 12.6. The van der Waals surface area contributed by atoms with E-state index in [1.165, 1.54) is 0 Å². The second-order valence-electron chi connectivity index (χ2n) is 9.70. The molecule has 1 aliphatic rings.